The molecule has 4 fully saturated rings. The van der Waals surface area contributed by atoms with E-state index in [1.807, 2.05) is 0 Å². The van der Waals surface area contributed by atoms with Crippen LogP contribution in [0.4, 0.5) is 0 Å². The summed E-state index contributed by atoms with van der Waals surface area (Å²) < 4.78 is 5.63. The van der Waals surface area contributed by atoms with Gasteiger partial charge in [-0.05, 0) is 86.4 Å². The highest BCUT2D eigenvalue weighted by atomic mass is 16.5. The smallest absolute Gasteiger partial charge is 0.302 e. The molecule has 0 aliphatic heterocycles. The van der Waals surface area contributed by atoms with Gasteiger partial charge in [0.15, 0.2) is 0 Å². The van der Waals surface area contributed by atoms with E-state index < -0.39 is 0 Å². The molecule has 7 unspecified atom stereocenters. The van der Waals surface area contributed by atoms with Crippen LogP contribution >= 0.6 is 0 Å². The van der Waals surface area contributed by atoms with Crippen LogP contribution in [0.2, 0.25) is 0 Å². The summed E-state index contributed by atoms with van der Waals surface area (Å²) in [7, 11) is 0. The van der Waals surface area contributed by atoms with E-state index in [2.05, 4.69) is 20.8 Å². The van der Waals surface area contributed by atoms with Crippen molar-refractivity contribution in [1.82, 2.24) is 0 Å². The lowest BCUT2D eigenvalue weighted by molar-refractivity contribution is -0.156. The van der Waals surface area contributed by atoms with Crippen LogP contribution in [0.3, 0.4) is 0 Å². The van der Waals surface area contributed by atoms with E-state index in [0.717, 1.165) is 37.0 Å². The summed E-state index contributed by atoms with van der Waals surface area (Å²) in [6.07, 6.45) is 10.5. The van der Waals surface area contributed by atoms with Crippen molar-refractivity contribution in [3.63, 3.8) is 0 Å². The molecule has 0 radical (unpaired) electrons. The molecule has 0 heterocycles. The molecule has 0 aromatic heterocycles. The first-order valence-corrected chi connectivity index (χ1v) is 10.9. The molecule has 0 spiro atoms. The quantitative estimate of drug-likeness (QED) is 0.638. The van der Waals surface area contributed by atoms with E-state index in [1.165, 1.54) is 45.4 Å². The third-order valence-corrected chi connectivity index (χ3v) is 9.47. The van der Waals surface area contributed by atoms with Crippen LogP contribution in [-0.2, 0) is 14.3 Å². The van der Waals surface area contributed by atoms with Gasteiger partial charge in [-0.25, -0.2) is 0 Å². The van der Waals surface area contributed by atoms with E-state index in [0.29, 0.717) is 28.4 Å². The minimum Gasteiger partial charge on any atom is -0.463 e. The first-order chi connectivity index (χ1) is 12.3. The summed E-state index contributed by atoms with van der Waals surface area (Å²) in [5, 5.41) is 0. The summed E-state index contributed by atoms with van der Waals surface area (Å²) in [6, 6.07) is 0. The summed E-state index contributed by atoms with van der Waals surface area (Å²) in [6.45, 7) is 8.65. The minimum atomic E-state index is -0.141. The fourth-order valence-corrected chi connectivity index (χ4v) is 8.20. The molecule has 0 aromatic carbocycles. The standard InChI is InChI=1S/C23H36O3/c1-14(26-15(2)24)19-7-8-20-18-6-5-16-13-17(25)9-11-22(16,3)21(18)10-12-23(19,20)4/h14,16,18-21H,5-13H2,1-4H3/t14?,16-,18?,19?,20?,21?,22?,23?/m1/s1. The lowest BCUT2D eigenvalue weighted by atomic mass is 9.44. The van der Waals surface area contributed by atoms with Crippen LogP contribution in [0.15, 0.2) is 0 Å². The van der Waals surface area contributed by atoms with E-state index in [9.17, 15) is 9.59 Å². The summed E-state index contributed by atoms with van der Waals surface area (Å²) >= 11 is 0. The Morgan fingerprint density at radius 3 is 2.50 bits per heavy atom. The molecule has 0 bridgehead atoms. The van der Waals surface area contributed by atoms with Gasteiger partial charge in [-0.1, -0.05) is 13.8 Å². The third-order valence-electron chi connectivity index (χ3n) is 9.47. The van der Waals surface area contributed by atoms with Crippen molar-refractivity contribution in [3.8, 4) is 0 Å². The first-order valence-electron chi connectivity index (χ1n) is 10.9. The highest BCUT2D eigenvalue weighted by molar-refractivity contribution is 5.79. The predicted molar refractivity (Wildman–Crippen MR) is 101 cm³/mol. The second-order valence-corrected chi connectivity index (χ2v) is 10.4. The number of rotatable bonds is 2. The van der Waals surface area contributed by atoms with Crippen LogP contribution in [0.5, 0.6) is 0 Å². The van der Waals surface area contributed by atoms with Gasteiger partial charge in [0.25, 0.3) is 0 Å². The van der Waals surface area contributed by atoms with Crippen molar-refractivity contribution in [2.24, 2.45) is 40.4 Å². The van der Waals surface area contributed by atoms with Crippen molar-refractivity contribution in [1.29, 1.82) is 0 Å². The Bertz CT molecular complexity index is 598. The second kappa shape index (κ2) is 6.34. The normalized spacial score (nSPS) is 48.9. The number of ether oxygens (including phenoxy) is 1. The van der Waals surface area contributed by atoms with Crippen LogP contribution in [-0.4, -0.2) is 17.9 Å². The summed E-state index contributed by atoms with van der Waals surface area (Å²) in [5.74, 6) is 3.90. The maximum Gasteiger partial charge on any atom is 0.302 e. The topological polar surface area (TPSA) is 43.4 Å². The van der Waals surface area contributed by atoms with Crippen LogP contribution in [0.1, 0.15) is 85.5 Å². The van der Waals surface area contributed by atoms with Crippen molar-refractivity contribution >= 4 is 11.8 Å². The maximum absolute atomic E-state index is 12.0. The van der Waals surface area contributed by atoms with Gasteiger partial charge in [-0.2, -0.15) is 0 Å². The number of hydrogen-bond acceptors (Lipinski definition) is 3. The Kier molecular flexibility index (Phi) is 4.51. The molecule has 0 amide bonds. The first kappa shape index (κ1) is 18.5. The lowest BCUT2D eigenvalue weighted by Gasteiger charge is -2.60. The average Bonchev–Trinajstić information content (AvgIpc) is 2.92. The highest BCUT2D eigenvalue weighted by Crippen LogP contribution is 2.67. The lowest BCUT2D eigenvalue weighted by Crippen LogP contribution is -2.54. The third kappa shape index (κ3) is 2.67. The Labute approximate surface area is 158 Å². The number of ketones is 1. The van der Waals surface area contributed by atoms with E-state index >= 15 is 0 Å². The molecule has 146 valence electrons. The van der Waals surface area contributed by atoms with E-state index in [4.69, 9.17) is 4.74 Å². The highest BCUT2D eigenvalue weighted by Gasteiger charge is 2.61. The fraction of sp³-hybridized carbons (Fsp3) is 0.913. The average molecular weight is 361 g/mol. The molecular formula is C23H36O3. The number of esters is 1. The Hall–Kier alpha value is -0.860. The van der Waals surface area contributed by atoms with Crippen LogP contribution in [0.25, 0.3) is 0 Å². The molecule has 0 N–H and O–H groups in total. The van der Waals surface area contributed by atoms with Gasteiger partial charge in [0.1, 0.15) is 11.9 Å². The van der Waals surface area contributed by atoms with Gasteiger partial charge in [0.05, 0.1) is 0 Å². The van der Waals surface area contributed by atoms with Gasteiger partial charge in [-0.15, -0.1) is 0 Å². The van der Waals surface area contributed by atoms with E-state index in [1.54, 1.807) is 0 Å². The number of fused-ring (bicyclic) bond motifs is 5. The Morgan fingerprint density at radius 1 is 1.04 bits per heavy atom. The Morgan fingerprint density at radius 2 is 1.77 bits per heavy atom. The van der Waals surface area contributed by atoms with Gasteiger partial charge < -0.3 is 4.74 Å². The number of carbonyl (C=O) groups is 2. The monoisotopic (exact) mass is 360 g/mol. The molecule has 4 aliphatic rings. The zero-order valence-corrected chi connectivity index (χ0v) is 17.1. The van der Waals surface area contributed by atoms with Crippen LogP contribution < -0.4 is 0 Å². The Balaban J connectivity index is 1.56. The molecule has 3 heteroatoms. The van der Waals surface area contributed by atoms with Gasteiger partial charge >= 0.3 is 5.97 Å². The second-order valence-electron chi connectivity index (χ2n) is 10.4. The van der Waals surface area contributed by atoms with Gasteiger partial charge in [0.2, 0.25) is 0 Å². The molecule has 0 saturated heterocycles. The van der Waals surface area contributed by atoms with Crippen molar-refractivity contribution < 1.29 is 14.3 Å². The maximum atomic E-state index is 12.0. The predicted octanol–water partition coefficient (Wildman–Crippen LogP) is 5.17. The summed E-state index contributed by atoms with van der Waals surface area (Å²) in [4.78, 5) is 23.5. The van der Waals surface area contributed by atoms with E-state index in [-0.39, 0.29) is 12.1 Å². The van der Waals surface area contributed by atoms with Gasteiger partial charge in [-0.3, -0.25) is 9.59 Å². The molecule has 3 nitrogen and oxygen atoms in total. The van der Waals surface area contributed by atoms with Crippen molar-refractivity contribution in [2.75, 3.05) is 0 Å². The number of hydrogen-bond donors (Lipinski definition) is 0. The molecule has 0 aromatic rings. The molecule has 26 heavy (non-hydrogen) atoms. The minimum absolute atomic E-state index is 0.0401. The van der Waals surface area contributed by atoms with Crippen molar-refractivity contribution in [2.45, 2.75) is 91.6 Å². The van der Waals surface area contributed by atoms with Crippen molar-refractivity contribution in [3.05, 3.63) is 0 Å². The zero-order chi connectivity index (χ0) is 18.7. The number of carbonyl (C=O) groups excluding carboxylic acids is 2. The van der Waals surface area contributed by atoms with Gasteiger partial charge in [0, 0.05) is 25.7 Å². The SMILES string of the molecule is CC(=O)OC(C)C1CCC2C3CC[C@@H]4CC(=O)CCC4(C)C3CCC12C. The fourth-order valence-electron chi connectivity index (χ4n) is 8.20. The largest absolute Gasteiger partial charge is 0.463 e. The molecular weight excluding hydrogens is 324 g/mol. The molecule has 8 atom stereocenters. The molecule has 4 saturated carbocycles. The number of Topliss-reactive ketones (excluding diaryl/α,β-unsaturated/α-hetero) is 1. The molecule has 4 rings (SSSR count). The summed E-state index contributed by atoms with van der Waals surface area (Å²) in [5.41, 5.74) is 0.710. The van der Waals surface area contributed by atoms with Crippen LogP contribution in [0, 0.1) is 40.4 Å². The molecule has 4 aliphatic carbocycles. The zero-order valence-electron chi connectivity index (χ0n) is 17.1.